The summed E-state index contributed by atoms with van der Waals surface area (Å²) in [6.45, 7) is 0. The van der Waals surface area contributed by atoms with Crippen molar-refractivity contribution in [2.45, 2.75) is 0 Å². The molecule has 0 saturated heterocycles. The standard InChI is InChI=1S/C11H11N5O/c12-16-10-5-1-4-9(15-10)11(17)14-8-3-2-6-13-7-8/h1-7H,12H2,(H,14,17)(H,15,16). The van der Waals surface area contributed by atoms with Gasteiger partial charge in [-0.25, -0.2) is 10.8 Å². The van der Waals surface area contributed by atoms with Crippen LogP contribution >= 0.6 is 0 Å². The lowest BCUT2D eigenvalue weighted by molar-refractivity contribution is 0.102. The number of rotatable bonds is 3. The Morgan fingerprint density at radius 2 is 2.12 bits per heavy atom. The number of amides is 1. The van der Waals surface area contributed by atoms with E-state index < -0.39 is 0 Å². The van der Waals surface area contributed by atoms with Crippen molar-refractivity contribution in [3.63, 3.8) is 0 Å². The maximum atomic E-state index is 11.8. The first-order valence-corrected chi connectivity index (χ1v) is 4.94. The number of carbonyl (C=O) groups excluding carboxylic acids is 1. The van der Waals surface area contributed by atoms with Crippen LogP contribution < -0.4 is 16.6 Å². The molecule has 2 aromatic rings. The highest BCUT2D eigenvalue weighted by atomic mass is 16.1. The number of hydrogen-bond acceptors (Lipinski definition) is 5. The van der Waals surface area contributed by atoms with Gasteiger partial charge in [0.1, 0.15) is 11.5 Å². The number of anilines is 2. The molecule has 1 amide bonds. The number of carbonyl (C=O) groups is 1. The number of nitrogens with two attached hydrogens (primary N) is 1. The van der Waals surface area contributed by atoms with Gasteiger partial charge in [-0.15, -0.1) is 0 Å². The smallest absolute Gasteiger partial charge is 0.274 e. The fourth-order valence-corrected chi connectivity index (χ4v) is 1.27. The molecule has 0 aromatic carbocycles. The fourth-order valence-electron chi connectivity index (χ4n) is 1.27. The number of nitrogens with one attached hydrogen (secondary N) is 2. The lowest BCUT2D eigenvalue weighted by Crippen LogP contribution is -2.16. The number of pyridine rings is 2. The van der Waals surface area contributed by atoms with E-state index in [4.69, 9.17) is 5.84 Å². The van der Waals surface area contributed by atoms with Crippen molar-refractivity contribution in [3.05, 3.63) is 48.4 Å². The SMILES string of the molecule is NNc1cccc(C(=O)Nc2cccnc2)n1. The van der Waals surface area contributed by atoms with Crippen LogP contribution in [-0.2, 0) is 0 Å². The van der Waals surface area contributed by atoms with Crippen molar-refractivity contribution in [2.75, 3.05) is 10.7 Å². The van der Waals surface area contributed by atoms with Crippen molar-refractivity contribution >= 4 is 17.4 Å². The topological polar surface area (TPSA) is 92.9 Å². The van der Waals surface area contributed by atoms with Crippen molar-refractivity contribution < 1.29 is 4.79 Å². The summed E-state index contributed by atoms with van der Waals surface area (Å²) in [7, 11) is 0. The minimum Gasteiger partial charge on any atom is -0.319 e. The summed E-state index contributed by atoms with van der Waals surface area (Å²) in [5, 5.41) is 2.68. The van der Waals surface area contributed by atoms with Crippen LogP contribution in [0, 0.1) is 0 Å². The van der Waals surface area contributed by atoms with Crippen LogP contribution in [0.4, 0.5) is 11.5 Å². The summed E-state index contributed by atoms with van der Waals surface area (Å²) in [4.78, 5) is 19.7. The zero-order valence-electron chi connectivity index (χ0n) is 8.92. The van der Waals surface area contributed by atoms with Gasteiger partial charge in [-0.3, -0.25) is 9.78 Å². The van der Waals surface area contributed by atoms with Gasteiger partial charge in [0.25, 0.3) is 5.91 Å². The van der Waals surface area contributed by atoms with E-state index in [-0.39, 0.29) is 11.6 Å². The van der Waals surface area contributed by atoms with Gasteiger partial charge in [0, 0.05) is 6.20 Å². The van der Waals surface area contributed by atoms with Crippen LogP contribution in [0.1, 0.15) is 10.5 Å². The molecule has 0 atom stereocenters. The van der Waals surface area contributed by atoms with E-state index in [1.807, 2.05) is 0 Å². The van der Waals surface area contributed by atoms with E-state index in [1.54, 1.807) is 42.7 Å². The molecule has 2 heterocycles. The molecule has 6 heteroatoms. The lowest BCUT2D eigenvalue weighted by atomic mass is 10.3. The number of hydrogen-bond donors (Lipinski definition) is 3. The Morgan fingerprint density at radius 1 is 1.24 bits per heavy atom. The molecule has 86 valence electrons. The highest BCUT2D eigenvalue weighted by Crippen LogP contribution is 2.07. The minimum atomic E-state index is -0.310. The minimum absolute atomic E-state index is 0.282. The predicted molar refractivity (Wildman–Crippen MR) is 64.2 cm³/mol. The molecule has 4 N–H and O–H groups in total. The Kier molecular flexibility index (Phi) is 3.27. The Hall–Kier alpha value is -2.47. The largest absolute Gasteiger partial charge is 0.319 e. The van der Waals surface area contributed by atoms with E-state index in [0.717, 1.165) is 0 Å². The molecule has 17 heavy (non-hydrogen) atoms. The second kappa shape index (κ2) is 5.04. The molecule has 0 aliphatic rings. The highest BCUT2D eigenvalue weighted by Gasteiger charge is 2.07. The van der Waals surface area contributed by atoms with Crippen molar-refractivity contribution in [2.24, 2.45) is 5.84 Å². The van der Waals surface area contributed by atoms with Crippen LogP contribution in [0.25, 0.3) is 0 Å². The van der Waals surface area contributed by atoms with Crippen LogP contribution in [0.3, 0.4) is 0 Å². The number of aromatic nitrogens is 2. The van der Waals surface area contributed by atoms with E-state index in [1.165, 1.54) is 0 Å². The fraction of sp³-hybridized carbons (Fsp3) is 0. The second-order valence-electron chi connectivity index (χ2n) is 3.25. The van der Waals surface area contributed by atoms with Gasteiger partial charge in [-0.1, -0.05) is 6.07 Å². The Bertz CT molecular complexity index is 514. The van der Waals surface area contributed by atoms with Crippen LogP contribution in [0.15, 0.2) is 42.7 Å². The Morgan fingerprint density at radius 3 is 2.82 bits per heavy atom. The maximum Gasteiger partial charge on any atom is 0.274 e. The second-order valence-corrected chi connectivity index (χ2v) is 3.25. The monoisotopic (exact) mass is 229 g/mol. The van der Waals surface area contributed by atoms with E-state index in [9.17, 15) is 4.79 Å². The van der Waals surface area contributed by atoms with E-state index in [2.05, 4.69) is 20.7 Å². The number of nitrogens with zero attached hydrogens (tertiary/aromatic N) is 2. The quantitative estimate of drug-likeness (QED) is 0.539. The Balaban J connectivity index is 2.14. The molecule has 0 spiro atoms. The first-order chi connectivity index (χ1) is 8.29. The van der Waals surface area contributed by atoms with Crippen LogP contribution in [0.5, 0.6) is 0 Å². The highest BCUT2D eigenvalue weighted by molar-refractivity contribution is 6.02. The molecule has 0 aliphatic carbocycles. The number of nitrogen functional groups attached to an aromatic ring is 1. The molecular formula is C11H11N5O. The molecule has 0 aliphatic heterocycles. The third kappa shape index (κ3) is 2.76. The first kappa shape index (κ1) is 11.0. The molecule has 6 nitrogen and oxygen atoms in total. The van der Waals surface area contributed by atoms with Crippen LogP contribution in [-0.4, -0.2) is 15.9 Å². The normalized spacial score (nSPS) is 9.71. The third-order valence-corrected chi connectivity index (χ3v) is 2.05. The van der Waals surface area contributed by atoms with Crippen molar-refractivity contribution in [1.82, 2.24) is 9.97 Å². The molecule has 0 saturated carbocycles. The molecule has 0 unspecified atom stereocenters. The van der Waals surface area contributed by atoms with Crippen molar-refractivity contribution in [1.29, 1.82) is 0 Å². The zero-order valence-corrected chi connectivity index (χ0v) is 8.92. The molecule has 2 aromatic heterocycles. The van der Waals surface area contributed by atoms with Gasteiger partial charge in [0.15, 0.2) is 0 Å². The molecular weight excluding hydrogens is 218 g/mol. The summed E-state index contributed by atoms with van der Waals surface area (Å²) < 4.78 is 0. The summed E-state index contributed by atoms with van der Waals surface area (Å²) >= 11 is 0. The summed E-state index contributed by atoms with van der Waals surface area (Å²) in [5.74, 6) is 5.34. The summed E-state index contributed by atoms with van der Waals surface area (Å²) in [6.07, 6.45) is 3.19. The third-order valence-electron chi connectivity index (χ3n) is 2.05. The maximum absolute atomic E-state index is 11.8. The molecule has 0 fully saturated rings. The van der Waals surface area contributed by atoms with Gasteiger partial charge < -0.3 is 10.7 Å². The average Bonchev–Trinajstić information content (AvgIpc) is 2.40. The van der Waals surface area contributed by atoms with Gasteiger partial charge in [-0.05, 0) is 24.3 Å². The van der Waals surface area contributed by atoms with Gasteiger partial charge >= 0.3 is 0 Å². The van der Waals surface area contributed by atoms with E-state index in [0.29, 0.717) is 11.5 Å². The van der Waals surface area contributed by atoms with Crippen molar-refractivity contribution in [3.8, 4) is 0 Å². The summed E-state index contributed by atoms with van der Waals surface area (Å²) in [5.41, 5.74) is 3.28. The molecule has 2 rings (SSSR count). The average molecular weight is 229 g/mol. The summed E-state index contributed by atoms with van der Waals surface area (Å²) in [6, 6.07) is 8.45. The first-order valence-electron chi connectivity index (χ1n) is 4.94. The van der Waals surface area contributed by atoms with Gasteiger partial charge in [0.2, 0.25) is 0 Å². The van der Waals surface area contributed by atoms with E-state index >= 15 is 0 Å². The molecule has 0 bridgehead atoms. The predicted octanol–water partition coefficient (Wildman–Crippen LogP) is 1.01. The Labute approximate surface area is 97.9 Å². The van der Waals surface area contributed by atoms with Gasteiger partial charge in [0.05, 0.1) is 11.9 Å². The lowest BCUT2D eigenvalue weighted by Gasteiger charge is -2.05. The molecule has 0 radical (unpaired) electrons. The van der Waals surface area contributed by atoms with Gasteiger partial charge in [-0.2, -0.15) is 0 Å². The zero-order chi connectivity index (χ0) is 12.1. The van der Waals surface area contributed by atoms with Crippen LogP contribution in [0.2, 0.25) is 0 Å². The number of hydrazine groups is 1.